The van der Waals surface area contributed by atoms with E-state index in [0.29, 0.717) is 22.7 Å². The van der Waals surface area contributed by atoms with Crippen molar-refractivity contribution in [2.24, 2.45) is 0 Å². The average Bonchev–Trinajstić information content (AvgIpc) is 2.84. The number of oxazole rings is 1. The molecule has 2 aromatic heterocycles. The van der Waals surface area contributed by atoms with Crippen molar-refractivity contribution in [3.63, 3.8) is 0 Å². The van der Waals surface area contributed by atoms with E-state index in [1.165, 1.54) is 6.07 Å². The van der Waals surface area contributed by atoms with Gasteiger partial charge in [-0.1, -0.05) is 6.07 Å². The first-order chi connectivity index (χ1) is 9.56. The van der Waals surface area contributed by atoms with E-state index in [1.807, 2.05) is 13.0 Å². The molecule has 0 radical (unpaired) electrons. The van der Waals surface area contributed by atoms with Crippen molar-refractivity contribution >= 4 is 17.1 Å². The average molecular weight is 269 g/mol. The Kier molecular flexibility index (Phi) is 2.71. The van der Waals surface area contributed by atoms with E-state index in [4.69, 9.17) is 9.52 Å². The van der Waals surface area contributed by atoms with Gasteiger partial charge in [0.15, 0.2) is 5.58 Å². The molecule has 1 N–H and O–H groups in total. The number of benzene rings is 1. The Labute approximate surface area is 114 Å². The minimum Gasteiger partial charge on any atom is -0.478 e. The Morgan fingerprint density at radius 1 is 1.25 bits per heavy atom. The third-order valence-corrected chi connectivity index (χ3v) is 2.98. The van der Waals surface area contributed by atoms with Crippen molar-refractivity contribution < 1.29 is 14.3 Å². The fourth-order valence-corrected chi connectivity index (χ4v) is 2.00. The number of aryl methyl sites for hydroxylation is 2. The SMILES string of the molecule is Cc1cc(-c2nc3cccc(C(=O)O)c3o2)c(C)nn1. The fourth-order valence-electron chi connectivity index (χ4n) is 2.00. The number of nitrogens with zero attached hydrogens (tertiary/aromatic N) is 3. The van der Waals surface area contributed by atoms with Crippen molar-refractivity contribution in [3.05, 3.63) is 41.2 Å². The third-order valence-electron chi connectivity index (χ3n) is 2.98. The zero-order valence-electron chi connectivity index (χ0n) is 10.9. The standard InChI is InChI=1S/C14H11N3O3/c1-7-6-10(8(2)17-16-7)13-15-11-5-3-4-9(14(18)19)12(11)20-13/h3-6H,1-2H3,(H,18,19). The highest BCUT2D eigenvalue weighted by atomic mass is 16.4. The van der Waals surface area contributed by atoms with Crippen molar-refractivity contribution in [1.29, 1.82) is 0 Å². The Morgan fingerprint density at radius 3 is 2.80 bits per heavy atom. The molecule has 0 unspecified atom stereocenters. The maximum absolute atomic E-state index is 11.2. The predicted octanol–water partition coefficient (Wildman–Crippen LogP) is 2.60. The smallest absolute Gasteiger partial charge is 0.339 e. The van der Waals surface area contributed by atoms with Crippen LogP contribution >= 0.6 is 0 Å². The number of para-hydroxylation sites is 1. The number of carboxylic acids is 1. The van der Waals surface area contributed by atoms with Crippen LogP contribution in [0.4, 0.5) is 0 Å². The van der Waals surface area contributed by atoms with Gasteiger partial charge >= 0.3 is 5.97 Å². The molecule has 0 saturated carbocycles. The minimum absolute atomic E-state index is 0.0950. The molecule has 0 amide bonds. The minimum atomic E-state index is -1.04. The Hall–Kier alpha value is -2.76. The number of hydrogen-bond acceptors (Lipinski definition) is 5. The topological polar surface area (TPSA) is 89.1 Å². The Bertz CT molecular complexity index is 824. The largest absolute Gasteiger partial charge is 0.478 e. The van der Waals surface area contributed by atoms with Crippen molar-refractivity contribution in [2.75, 3.05) is 0 Å². The van der Waals surface area contributed by atoms with Gasteiger partial charge in [0.2, 0.25) is 5.89 Å². The molecule has 0 saturated heterocycles. The van der Waals surface area contributed by atoms with Gasteiger partial charge in [0.1, 0.15) is 11.1 Å². The van der Waals surface area contributed by atoms with Crippen LogP contribution < -0.4 is 0 Å². The summed E-state index contributed by atoms with van der Waals surface area (Å²) in [6, 6.07) is 6.66. The lowest BCUT2D eigenvalue weighted by atomic mass is 10.2. The van der Waals surface area contributed by atoms with Gasteiger partial charge < -0.3 is 9.52 Å². The molecule has 2 heterocycles. The Balaban J connectivity index is 2.26. The first kappa shape index (κ1) is 12.3. The van der Waals surface area contributed by atoms with Crippen LogP contribution in [-0.2, 0) is 0 Å². The summed E-state index contributed by atoms with van der Waals surface area (Å²) in [6.45, 7) is 3.62. The predicted molar refractivity (Wildman–Crippen MR) is 71.5 cm³/mol. The van der Waals surface area contributed by atoms with Gasteiger partial charge in [0, 0.05) is 0 Å². The van der Waals surface area contributed by atoms with Gasteiger partial charge in [0.05, 0.1) is 17.0 Å². The van der Waals surface area contributed by atoms with Gasteiger partial charge in [-0.05, 0) is 32.0 Å². The molecule has 6 heteroatoms. The van der Waals surface area contributed by atoms with E-state index >= 15 is 0 Å². The van der Waals surface area contributed by atoms with E-state index in [1.54, 1.807) is 19.1 Å². The lowest BCUT2D eigenvalue weighted by Gasteiger charge is -2.00. The highest BCUT2D eigenvalue weighted by Crippen LogP contribution is 2.28. The maximum atomic E-state index is 11.2. The van der Waals surface area contributed by atoms with Crippen molar-refractivity contribution in [1.82, 2.24) is 15.2 Å². The van der Waals surface area contributed by atoms with Gasteiger partial charge in [0.25, 0.3) is 0 Å². The lowest BCUT2D eigenvalue weighted by Crippen LogP contribution is -1.95. The highest BCUT2D eigenvalue weighted by molar-refractivity contribution is 6.00. The molecule has 100 valence electrons. The van der Waals surface area contributed by atoms with Crippen LogP contribution in [0, 0.1) is 13.8 Å². The first-order valence-electron chi connectivity index (χ1n) is 6.00. The second kappa shape index (κ2) is 4.41. The fraction of sp³-hybridized carbons (Fsp3) is 0.143. The molecule has 0 aliphatic rings. The van der Waals surface area contributed by atoms with E-state index in [0.717, 1.165) is 5.69 Å². The number of carboxylic acid groups (broad SMARTS) is 1. The van der Waals surface area contributed by atoms with Crippen LogP contribution in [0.15, 0.2) is 28.7 Å². The molecular weight excluding hydrogens is 258 g/mol. The number of hydrogen-bond donors (Lipinski definition) is 1. The van der Waals surface area contributed by atoms with Gasteiger partial charge in [-0.3, -0.25) is 0 Å². The van der Waals surface area contributed by atoms with E-state index < -0.39 is 5.97 Å². The van der Waals surface area contributed by atoms with Gasteiger partial charge in [-0.25, -0.2) is 9.78 Å². The first-order valence-corrected chi connectivity index (χ1v) is 6.00. The number of fused-ring (bicyclic) bond motifs is 1. The normalized spacial score (nSPS) is 10.9. The summed E-state index contributed by atoms with van der Waals surface area (Å²) in [4.78, 5) is 15.5. The molecule has 3 aromatic rings. The molecular formula is C14H11N3O3. The molecule has 1 aromatic carbocycles. The summed E-state index contributed by atoms with van der Waals surface area (Å²) in [5.74, 6) is -0.691. The van der Waals surface area contributed by atoms with Crippen molar-refractivity contribution in [2.45, 2.75) is 13.8 Å². The maximum Gasteiger partial charge on any atom is 0.339 e. The molecule has 0 bridgehead atoms. The van der Waals surface area contributed by atoms with E-state index in [9.17, 15) is 4.79 Å². The van der Waals surface area contributed by atoms with E-state index in [-0.39, 0.29) is 11.1 Å². The number of rotatable bonds is 2. The van der Waals surface area contributed by atoms with Crippen LogP contribution in [0.25, 0.3) is 22.6 Å². The number of aromatic nitrogens is 3. The quantitative estimate of drug-likeness (QED) is 0.769. The summed E-state index contributed by atoms with van der Waals surface area (Å²) >= 11 is 0. The summed E-state index contributed by atoms with van der Waals surface area (Å²) in [6.07, 6.45) is 0. The Morgan fingerprint density at radius 2 is 2.05 bits per heavy atom. The number of carbonyl (C=O) groups is 1. The molecule has 0 aliphatic heterocycles. The molecule has 0 spiro atoms. The second-order valence-electron chi connectivity index (χ2n) is 4.46. The third kappa shape index (κ3) is 1.91. The summed E-state index contributed by atoms with van der Waals surface area (Å²) < 4.78 is 5.62. The summed E-state index contributed by atoms with van der Waals surface area (Å²) in [7, 11) is 0. The lowest BCUT2D eigenvalue weighted by molar-refractivity contribution is 0.0698. The van der Waals surface area contributed by atoms with Crippen LogP contribution in [0.1, 0.15) is 21.7 Å². The monoisotopic (exact) mass is 269 g/mol. The molecule has 0 aliphatic carbocycles. The van der Waals surface area contributed by atoms with Crippen LogP contribution in [-0.4, -0.2) is 26.3 Å². The highest BCUT2D eigenvalue weighted by Gasteiger charge is 2.17. The zero-order valence-corrected chi connectivity index (χ0v) is 10.9. The molecule has 3 rings (SSSR count). The zero-order chi connectivity index (χ0) is 14.3. The molecule has 20 heavy (non-hydrogen) atoms. The van der Waals surface area contributed by atoms with Crippen LogP contribution in [0.3, 0.4) is 0 Å². The van der Waals surface area contributed by atoms with E-state index in [2.05, 4.69) is 15.2 Å². The van der Waals surface area contributed by atoms with Crippen LogP contribution in [0.2, 0.25) is 0 Å². The van der Waals surface area contributed by atoms with Gasteiger partial charge in [-0.15, -0.1) is 0 Å². The molecule has 0 fully saturated rings. The molecule has 0 atom stereocenters. The summed E-state index contributed by atoms with van der Waals surface area (Å²) in [5, 5.41) is 17.1. The van der Waals surface area contributed by atoms with Crippen LogP contribution in [0.5, 0.6) is 0 Å². The van der Waals surface area contributed by atoms with Crippen molar-refractivity contribution in [3.8, 4) is 11.5 Å². The number of aromatic carboxylic acids is 1. The summed E-state index contributed by atoms with van der Waals surface area (Å²) in [5.41, 5.74) is 3.01. The van der Waals surface area contributed by atoms with Gasteiger partial charge in [-0.2, -0.15) is 10.2 Å². The molecule has 6 nitrogen and oxygen atoms in total. The second-order valence-corrected chi connectivity index (χ2v) is 4.46.